The molecule has 0 aromatic heterocycles. The fraction of sp³-hybridized carbons (Fsp3) is 1.00. The topological polar surface area (TPSA) is 0 Å². The normalized spacial score (nSPS) is 48.0. The summed E-state index contributed by atoms with van der Waals surface area (Å²) in [6, 6.07) is 0. The van der Waals surface area contributed by atoms with Crippen molar-refractivity contribution in [3.8, 4) is 0 Å². The Labute approximate surface area is 44.9 Å². The smallest absolute Gasteiger partial charge is 0.0383 e. The highest BCUT2D eigenvalue weighted by Crippen LogP contribution is 2.49. The van der Waals surface area contributed by atoms with Crippen LogP contribution in [0.5, 0.6) is 0 Å². The van der Waals surface area contributed by atoms with E-state index in [1.807, 2.05) is 0 Å². The van der Waals surface area contributed by atoms with Crippen LogP contribution in [0.4, 0.5) is 0 Å². The van der Waals surface area contributed by atoms with Gasteiger partial charge >= 0.3 is 0 Å². The molecular formula is C7H12. The first-order valence-corrected chi connectivity index (χ1v) is 3.47. The van der Waals surface area contributed by atoms with Gasteiger partial charge in [0, 0.05) is 0 Å². The predicted octanol–water partition coefficient (Wildman–Crippen LogP) is 2.20. The molecule has 2 atom stereocenters. The highest BCUT2D eigenvalue weighted by molar-refractivity contribution is 4.88. The Morgan fingerprint density at radius 3 is 1.86 bits per heavy atom. The van der Waals surface area contributed by atoms with Crippen LogP contribution in [-0.2, 0) is 0 Å². The van der Waals surface area contributed by atoms with Crippen molar-refractivity contribution in [3.63, 3.8) is 0 Å². The lowest BCUT2D eigenvalue weighted by molar-refractivity contribution is 0.480. The Morgan fingerprint density at radius 1 is 0.857 bits per heavy atom. The number of fused-ring (bicyclic) bond motifs is 1. The Kier molecular flexibility index (Phi) is 0.697. The molecule has 0 N–H and O–H groups in total. The molecule has 0 saturated heterocycles. The van der Waals surface area contributed by atoms with Crippen molar-refractivity contribution in [2.24, 2.45) is 11.8 Å². The van der Waals surface area contributed by atoms with E-state index in [0.29, 0.717) is 0 Å². The molecule has 0 bridgehead atoms. The molecule has 7 heavy (non-hydrogen) atoms. The van der Waals surface area contributed by atoms with Gasteiger partial charge in [0.1, 0.15) is 0 Å². The summed E-state index contributed by atoms with van der Waals surface area (Å²) in [6.45, 7) is 0. The molecule has 0 aromatic carbocycles. The average molecular weight is 96.2 g/mol. The average Bonchev–Trinajstić information content (AvgIpc) is 2.41. The summed E-state index contributed by atoms with van der Waals surface area (Å²) in [5, 5.41) is 0. The third-order valence-corrected chi connectivity index (χ3v) is 2.47. The molecule has 0 aliphatic heterocycles. The summed E-state index contributed by atoms with van der Waals surface area (Å²) in [5.41, 5.74) is 0. The van der Waals surface area contributed by atoms with E-state index in [0.717, 1.165) is 0 Å². The molecule has 2 aliphatic carbocycles. The fourth-order valence-electron chi connectivity index (χ4n) is 1.83. The van der Waals surface area contributed by atoms with Gasteiger partial charge in [-0.3, -0.25) is 0 Å². The summed E-state index contributed by atoms with van der Waals surface area (Å²) < 4.78 is 0. The Bertz CT molecular complexity index is 66.1. The minimum absolute atomic E-state index is 1.20. The predicted molar refractivity (Wildman–Crippen MR) is 30.1 cm³/mol. The molecule has 0 amide bonds. The molecule has 0 nitrogen and oxygen atoms in total. The molecular weight excluding hydrogens is 84.1 g/mol. The zero-order chi connectivity index (χ0) is 4.69. The van der Waals surface area contributed by atoms with Crippen molar-refractivity contribution in [1.82, 2.24) is 0 Å². The first-order valence-electron chi connectivity index (χ1n) is 3.47. The summed E-state index contributed by atoms with van der Waals surface area (Å²) in [6.07, 6.45) is 7.76. The molecule has 2 rings (SSSR count). The quantitative estimate of drug-likeness (QED) is 0.433. The lowest BCUT2D eigenvalue weighted by Gasteiger charge is -2.05. The second-order valence-electron chi connectivity index (χ2n) is 3.04. The van der Waals surface area contributed by atoms with Gasteiger partial charge in [-0.15, -0.1) is 0 Å². The molecule has 2 fully saturated rings. The molecule has 0 radical (unpaired) electrons. The highest BCUT2D eigenvalue weighted by Gasteiger charge is 2.37. The van der Waals surface area contributed by atoms with E-state index in [-0.39, 0.29) is 0 Å². The first kappa shape index (κ1) is 3.94. The zero-order valence-corrected chi connectivity index (χ0v) is 4.69. The van der Waals surface area contributed by atoms with Crippen molar-refractivity contribution < 1.29 is 0 Å². The van der Waals surface area contributed by atoms with E-state index in [1.165, 1.54) is 24.7 Å². The van der Waals surface area contributed by atoms with E-state index in [2.05, 4.69) is 0 Å². The first-order chi connectivity index (χ1) is 3.47. The van der Waals surface area contributed by atoms with Gasteiger partial charge in [0.15, 0.2) is 0 Å². The molecule has 2 aliphatic rings. The van der Waals surface area contributed by atoms with Crippen molar-refractivity contribution in [3.05, 3.63) is 0 Å². The number of hydrogen-bond acceptors (Lipinski definition) is 0. The zero-order valence-electron chi connectivity index (χ0n) is 4.69. The van der Waals surface area contributed by atoms with Crippen molar-refractivity contribution in [2.45, 2.75) is 32.1 Å². The monoisotopic (exact) mass is 96.1 g/mol. The second-order valence-corrected chi connectivity index (χ2v) is 3.04. The maximum absolute atomic E-state index is 1.58. The standard InChI is InChI=1S/C7H12/c1-2-4-7-5-6(7)3-1/h6-7H,1-5H2/t6-,7-/m0/s1. The highest BCUT2D eigenvalue weighted by atomic mass is 14.4. The maximum atomic E-state index is 1.58. The van der Waals surface area contributed by atoms with E-state index >= 15 is 0 Å². The van der Waals surface area contributed by atoms with Crippen LogP contribution in [-0.4, -0.2) is 0 Å². The van der Waals surface area contributed by atoms with Crippen molar-refractivity contribution in [2.75, 3.05) is 0 Å². The number of hydrogen-bond donors (Lipinski definition) is 0. The van der Waals surface area contributed by atoms with Crippen molar-refractivity contribution >= 4 is 0 Å². The van der Waals surface area contributed by atoms with E-state index < -0.39 is 0 Å². The summed E-state index contributed by atoms with van der Waals surface area (Å²) in [4.78, 5) is 0. The van der Waals surface area contributed by atoms with Crippen molar-refractivity contribution in [1.29, 1.82) is 0 Å². The molecule has 2 saturated carbocycles. The largest absolute Gasteiger partial charge is 0.0530 e. The lowest BCUT2D eigenvalue weighted by Crippen LogP contribution is -1.91. The Hall–Kier alpha value is 0. The summed E-state index contributed by atoms with van der Waals surface area (Å²) in [7, 11) is 0. The molecule has 0 aromatic rings. The summed E-state index contributed by atoms with van der Waals surface area (Å²) in [5.74, 6) is 2.41. The molecule has 0 heterocycles. The van der Waals surface area contributed by atoms with Gasteiger partial charge in [0.05, 0.1) is 0 Å². The Morgan fingerprint density at radius 2 is 1.43 bits per heavy atom. The van der Waals surface area contributed by atoms with Crippen LogP contribution in [0.25, 0.3) is 0 Å². The van der Waals surface area contributed by atoms with Gasteiger partial charge in [-0.25, -0.2) is 0 Å². The molecule has 0 unspecified atom stereocenters. The molecule has 0 spiro atoms. The fourth-order valence-corrected chi connectivity index (χ4v) is 1.83. The second kappa shape index (κ2) is 1.24. The summed E-state index contributed by atoms with van der Waals surface area (Å²) >= 11 is 0. The Balaban J connectivity index is 1.95. The third-order valence-electron chi connectivity index (χ3n) is 2.47. The van der Waals surface area contributed by atoms with E-state index in [4.69, 9.17) is 0 Å². The van der Waals surface area contributed by atoms with E-state index in [1.54, 1.807) is 19.3 Å². The van der Waals surface area contributed by atoms with Crippen LogP contribution in [0.3, 0.4) is 0 Å². The van der Waals surface area contributed by atoms with Gasteiger partial charge in [0.2, 0.25) is 0 Å². The van der Waals surface area contributed by atoms with Crippen LogP contribution >= 0.6 is 0 Å². The van der Waals surface area contributed by atoms with Gasteiger partial charge in [0.25, 0.3) is 0 Å². The van der Waals surface area contributed by atoms with Gasteiger partial charge in [-0.1, -0.05) is 25.7 Å². The van der Waals surface area contributed by atoms with Crippen LogP contribution in [0, 0.1) is 11.8 Å². The molecule has 40 valence electrons. The van der Waals surface area contributed by atoms with Gasteiger partial charge < -0.3 is 0 Å². The van der Waals surface area contributed by atoms with Crippen LogP contribution in [0.15, 0.2) is 0 Å². The van der Waals surface area contributed by atoms with Crippen LogP contribution in [0.1, 0.15) is 32.1 Å². The third kappa shape index (κ3) is 0.568. The van der Waals surface area contributed by atoms with Crippen LogP contribution < -0.4 is 0 Å². The number of rotatable bonds is 0. The molecule has 0 heteroatoms. The van der Waals surface area contributed by atoms with Crippen LogP contribution in [0.2, 0.25) is 0 Å². The minimum atomic E-state index is 1.20. The SMILES string of the molecule is C1CC[C@H]2C[C@@H]2C1. The van der Waals surface area contributed by atoms with E-state index in [9.17, 15) is 0 Å². The van der Waals surface area contributed by atoms with Gasteiger partial charge in [-0.2, -0.15) is 0 Å². The lowest BCUT2D eigenvalue weighted by atomic mass is 10.0. The maximum Gasteiger partial charge on any atom is -0.0383 e. The minimum Gasteiger partial charge on any atom is -0.0530 e. The van der Waals surface area contributed by atoms with Gasteiger partial charge in [-0.05, 0) is 18.3 Å².